The first-order valence-electron chi connectivity index (χ1n) is 10.7. The average molecular weight is 539 g/mol. The van der Waals surface area contributed by atoms with Crippen molar-refractivity contribution in [1.29, 1.82) is 0 Å². The number of carbonyl (C=O) groups is 3. The lowest BCUT2D eigenvalue weighted by Gasteiger charge is -2.20. The van der Waals surface area contributed by atoms with Crippen molar-refractivity contribution in [3.63, 3.8) is 0 Å². The number of aromatic nitrogens is 1. The first-order valence-corrected chi connectivity index (χ1v) is 10.7. The van der Waals surface area contributed by atoms with Gasteiger partial charge in [-0.25, -0.2) is 9.59 Å². The SMILES string of the molecule is Cc1ccc(C(=O)N2C[C@H]3CN(Cc4ccccn4)C[C@H]3C2)o1.O=C(O)C(F)(F)F.O=C(O)C(F)(F)F. The number of fused-ring (bicyclic) bond motifs is 1. The number of furan rings is 1. The van der Waals surface area contributed by atoms with Gasteiger partial charge in [0.15, 0.2) is 5.76 Å². The molecule has 37 heavy (non-hydrogen) atoms. The van der Waals surface area contributed by atoms with Gasteiger partial charge in [0, 0.05) is 38.9 Å². The smallest absolute Gasteiger partial charge is 0.475 e. The van der Waals surface area contributed by atoms with E-state index in [2.05, 4.69) is 16.0 Å². The van der Waals surface area contributed by atoms with Crippen LogP contribution in [0.3, 0.4) is 0 Å². The van der Waals surface area contributed by atoms with E-state index >= 15 is 0 Å². The quantitative estimate of drug-likeness (QED) is 0.569. The van der Waals surface area contributed by atoms with Crippen LogP contribution >= 0.6 is 0 Å². The van der Waals surface area contributed by atoms with Crippen molar-refractivity contribution in [3.8, 4) is 0 Å². The molecule has 0 aliphatic carbocycles. The number of pyridine rings is 1. The highest BCUT2D eigenvalue weighted by Crippen LogP contribution is 2.32. The number of nitrogens with zero attached hydrogens (tertiary/aromatic N) is 3. The van der Waals surface area contributed by atoms with E-state index in [4.69, 9.17) is 24.2 Å². The summed E-state index contributed by atoms with van der Waals surface area (Å²) in [6.45, 7) is 6.53. The van der Waals surface area contributed by atoms with Crippen molar-refractivity contribution in [2.75, 3.05) is 26.2 Å². The minimum atomic E-state index is -5.08. The summed E-state index contributed by atoms with van der Waals surface area (Å²) in [6, 6.07) is 9.67. The second kappa shape index (κ2) is 12.1. The van der Waals surface area contributed by atoms with E-state index in [9.17, 15) is 31.1 Å². The third-order valence-corrected chi connectivity index (χ3v) is 5.40. The largest absolute Gasteiger partial charge is 0.490 e. The number of carboxylic acid groups (broad SMARTS) is 2. The summed E-state index contributed by atoms with van der Waals surface area (Å²) < 4.78 is 68.9. The fraction of sp³-hybridized carbons (Fsp3) is 0.455. The fourth-order valence-corrected chi connectivity index (χ4v) is 3.81. The number of hydrogen-bond donors (Lipinski definition) is 2. The topological polar surface area (TPSA) is 124 Å². The summed E-state index contributed by atoms with van der Waals surface area (Å²) in [5.74, 6) is -3.09. The van der Waals surface area contributed by atoms with Gasteiger partial charge in [-0.05, 0) is 43.0 Å². The van der Waals surface area contributed by atoms with Gasteiger partial charge in [0.1, 0.15) is 5.76 Å². The zero-order valence-corrected chi connectivity index (χ0v) is 19.3. The number of hydrogen-bond acceptors (Lipinski definition) is 6. The molecule has 2 N–H and O–H groups in total. The van der Waals surface area contributed by atoms with Gasteiger partial charge in [-0.3, -0.25) is 14.7 Å². The normalized spacial score (nSPS) is 19.3. The Morgan fingerprint density at radius 2 is 1.43 bits per heavy atom. The van der Waals surface area contributed by atoms with Crippen LogP contribution < -0.4 is 0 Å². The van der Waals surface area contributed by atoms with Gasteiger partial charge in [0.05, 0.1) is 5.69 Å². The number of aliphatic carboxylic acids is 2. The number of rotatable bonds is 3. The molecular weight excluding hydrogens is 516 g/mol. The molecular formula is C22H23F6N3O6. The summed E-state index contributed by atoms with van der Waals surface area (Å²) in [5.41, 5.74) is 1.12. The molecule has 0 radical (unpaired) electrons. The number of halogens is 6. The number of likely N-dealkylation sites (tertiary alicyclic amines) is 2. The Kier molecular flexibility index (Phi) is 9.67. The van der Waals surface area contributed by atoms with Crippen LogP contribution in [-0.2, 0) is 16.1 Å². The van der Waals surface area contributed by atoms with E-state index in [1.807, 2.05) is 36.2 Å². The molecule has 9 nitrogen and oxygen atoms in total. The van der Waals surface area contributed by atoms with Gasteiger partial charge >= 0.3 is 24.3 Å². The molecule has 0 spiro atoms. The number of carbonyl (C=O) groups excluding carboxylic acids is 1. The Hall–Kier alpha value is -3.62. The average Bonchev–Trinajstić information content (AvgIpc) is 3.48. The van der Waals surface area contributed by atoms with Crippen molar-refractivity contribution in [2.24, 2.45) is 11.8 Å². The molecule has 2 aliphatic rings. The lowest BCUT2D eigenvalue weighted by atomic mass is 10.0. The number of alkyl halides is 6. The van der Waals surface area contributed by atoms with Gasteiger partial charge in [-0.15, -0.1) is 0 Å². The monoisotopic (exact) mass is 539 g/mol. The van der Waals surface area contributed by atoms with Crippen molar-refractivity contribution >= 4 is 17.8 Å². The molecule has 0 saturated carbocycles. The molecule has 2 atom stereocenters. The Labute approximate surface area is 206 Å². The maximum Gasteiger partial charge on any atom is 0.490 e. The minimum Gasteiger partial charge on any atom is -0.475 e. The van der Waals surface area contributed by atoms with Crippen molar-refractivity contribution < 1.29 is 55.4 Å². The highest BCUT2D eigenvalue weighted by atomic mass is 19.4. The van der Waals surface area contributed by atoms with Crippen LogP contribution in [0.4, 0.5) is 26.3 Å². The van der Waals surface area contributed by atoms with E-state index in [0.29, 0.717) is 17.6 Å². The van der Waals surface area contributed by atoms with Crippen LogP contribution in [0.15, 0.2) is 40.9 Å². The van der Waals surface area contributed by atoms with Crippen LogP contribution in [0, 0.1) is 18.8 Å². The zero-order chi connectivity index (χ0) is 28.0. The highest BCUT2D eigenvalue weighted by molar-refractivity contribution is 5.91. The molecule has 0 aromatic carbocycles. The number of carboxylic acids is 2. The van der Waals surface area contributed by atoms with Crippen LogP contribution in [0.2, 0.25) is 0 Å². The first kappa shape index (κ1) is 29.6. The molecule has 2 fully saturated rings. The van der Waals surface area contributed by atoms with Crippen molar-refractivity contribution in [3.05, 3.63) is 53.7 Å². The molecule has 2 aliphatic heterocycles. The molecule has 0 bridgehead atoms. The maximum absolute atomic E-state index is 12.5. The summed E-state index contributed by atoms with van der Waals surface area (Å²) in [7, 11) is 0. The van der Waals surface area contributed by atoms with Crippen LogP contribution in [0.5, 0.6) is 0 Å². The number of aryl methyl sites for hydroxylation is 1. The predicted molar refractivity (Wildman–Crippen MR) is 113 cm³/mol. The third kappa shape index (κ3) is 9.08. The molecule has 4 rings (SSSR count). The van der Waals surface area contributed by atoms with E-state index in [0.717, 1.165) is 44.2 Å². The van der Waals surface area contributed by atoms with E-state index < -0.39 is 24.3 Å². The summed E-state index contributed by atoms with van der Waals surface area (Å²) in [5, 5.41) is 14.2. The standard InChI is InChI=1S/C18H21N3O2.2C2HF3O2/c1-13-5-6-17(23-13)18(22)21-10-14-8-20(9-15(14)11-21)12-16-4-2-3-7-19-16;2*3-2(4,5)1(6)7/h2-7,14-15H,8-12H2,1H3;2*(H,6,7)/t14-,15+;;. The Morgan fingerprint density at radius 1 is 0.919 bits per heavy atom. The molecule has 4 heterocycles. The molecule has 2 aromatic heterocycles. The zero-order valence-electron chi connectivity index (χ0n) is 19.3. The third-order valence-electron chi connectivity index (χ3n) is 5.40. The van der Waals surface area contributed by atoms with E-state index in [-0.39, 0.29) is 5.91 Å². The fourth-order valence-electron chi connectivity index (χ4n) is 3.81. The molecule has 204 valence electrons. The van der Waals surface area contributed by atoms with Crippen molar-refractivity contribution in [2.45, 2.75) is 25.8 Å². The Morgan fingerprint density at radius 3 is 1.81 bits per heavy atom. The van der Waals surface area contributed by atoms with Gasteiger partial charge in [0.25, 0.3) is 5.91 Å². The van der Waals surface area contributed by atoms with Gasteiger partial charge in [-0.1, -0.05) is 6.07 Å². The molecule has 0 unspecified atom stereocenters. The number of amides is 1. The summed E-state index contributed by atoms with van der Waals surface area (Å²) in [6.07, 6.45) is -8.32. The molecule has 1 amide bonds. The van der Waals surface area contributed by atoms with Crippen LogP contribution in [0.25, 0.3) is 0 Å². The second-order valence-corrected chi connectivity index (χ2v) is 8.26. The van der Waals surface area contributed by atoms with Gasteiger partial charge < -0.3 is 19.5 Å². The maximum atomic E-state index is 12.5. The van der Waals surface area contributed by atoms with Gasteiger partial charge in [-0.2, -0.15) is 26.3 Å². The Bertz CT molecular complexity index is 1030. The highest BCUT2D eigenvalue weighted by Gasteiger charge is 2.42. The summed E-state index contributed by atoms with van der Waals surface area (Å²) >= 11 is 0. The van der Waals surface area contributed by atoms with E-state index in [1.54, 1.807) is 6.07 Å². The predicted octanol–water partition coefficient (Wildman–Crippen LogP) is 3.45. The molecule has 2 saturated heterocycles. The van der Waals surface area contributed by atoms with Crippen molar-refractivity contribution in [1.82, 2.24) is 14.8 Å². The second-order valence-electron chi connectivity index (χ2n) is 8.26. The Balaban J connectivity index is 0.000000286. The summed E-state index contributed by atoms with van der Waals surface area (Å²) in [4.78, 5) is 39.1. The van der Waals surface area contributed by atoms with E-state index in [1.165, 1.54) is 0 Å². The lowest BCUT2D eigenvalue weighted by molar-refractivity contribution is -0.193. The molecule has 15 heteroatoms. The van der Waals surface area contributed by atoms with Crippen LogP contribution in [-0.4, -0.2) is 81.4 Å². The van der Waals surface area contributed by atoms with Gasteiger partial charge in [0.2, 0.25) is 0 Å². The first-order chi connectivity index (χ1) is 17.1. The minimum absolute atomic E-state index is 0.0313. The lowest BCUT2D eigenvalue weighted by Crippen LogP contribution is -2.33. The molecule has 2 aromatic rings. The van der Waals surface area contributed by atoms with Crippen LogP contribution in [0.1, 0.15) is 22.0 Å².